The number of carbonyl (C=O) groups is 3. The van der Waals surface area contributed by atoms with E-state index in [1.54, 1.807) is 0 Å². The molecule has 0 aliphatic carbocycles. The first-order valence-corrected chi connectivity index (χ1v) is 21.5. The lowest BCUT2D eigenvalue weighted by Gasteiger charge is -2.18. The Kier molecular flexibility index (Phi) is 39.1. The van der Waals surface area contributed by atoms with Crippen LogP contribution < -0.4 is 0 Å². The molecule has 0 fully saturated rings. The van der Waals surface area contributed by atoms with E-state index in [0.29, 0.717) is 12.8 Å². The molecular formula is C47H78O6. The molecule has 6 heteroatoms. The Morgan fingerprint density at radius 3 is 1.32 bits per heavy atom. The van der Waals surface area contributed by atoms with Gasteiger partial charge in [-0.3, -0.25) is 14.4 Å². The van der Waals surface area contributed by atoms with Crippen molar-refractivity contribution in [2.75, 3.05) is 13.2 Å². The Bertz CT molecular complexity index is 1030. The molecule has 302 valence electrons. The fraction of sp³-hybridized carbons (Fsp3) is 0.681. The van der Waals surface area contributed by atoms with E-state index in [-0.39, 0.29) is 44.0 Å². The molecule has 0 spiro atoms. The summed E-state index contributed by atoms with van der Waals surface area (Å²) >= 11 is 0. The van der Waals surface area contributed by atoms with Gasteiger partial charge in [-0.05, 0) is 77.0 Å². The number of carbonyl (C=O) groups excluding carboxylic acids is 3. The van der Waals surface area contributed by atoms with Crippen LogP contribution in [-0.4, -0.2) is 37.2 Å². The van der Waals surface area contributed by atoms with Crippen LogP contribution >= 0.6 is 0 Å². The van der Waals surface area contributed by atoms with E-state index in [9.17, 15) is 14.4 Å². The molecular weight excluding hydrogens is 661 g/mol. The van der Waals surface area contributed by atoms with Gasteiger partial charge in [0.1, 0.15) is 13.2 Å². The van der Waals surface area contributed by atoms with Crippen LogP contribution in [0.2, 0.25) is 0 Å². The molecule has 1 atom stereocenters. The van der Waals surface area contributed by atoms with Gasteiger partial charge in [-0.25, -0.2) is 0 Å². The van der Waals surface area contributed by atoms with Crippen LogP contribution in [0.4, 0.5) is 0 Å². The van der Waals surface area contributed by atoms with Crippen LogP contribution in [0.15, 0.2) is 72.9 Å². The van der Waals surface area contributed by atoms with Gasteiger partial charge in [-0.1, -0.05) is 164 Å². The van der Waals surface area contributed by atoms with Crippen LogP contribution in [-0.2, 0) is 28.6 Å². The third-order valence-electron chi connectivity index (χ3n) is 8.72. The summed E-state index contributed by atoms with van der Waals surface area (Å²) in [6.45, 7) is 6.39. The van der Waals surface area contributed by atoms with E-state index in [1.807, 2.05) is 6.08 Å². The zero-order valence-electron chi connectivity index (χ0n) is 34.3. The van der Waals surface area contributed by atoms with E-state index in [2.05, 4.69) is 87.6 Å². The maximum Gasteiger partial charge on any atom is 0.306 e. The zero-order chi connectivity index (χ0) is 38.7. The predicted molar refractivity (Wildman–Crippen MR) is 224 cm³/mol. The fourth-order valence-electron chi connectivity index (χ4n) is 5.39. The lowest BCUT2D eigenvalue weighted by atomic mass is 10.1. The minimum absolute atomic E-state index is 0.119. The first kappa shape index (κ1) is 49.9. The molecule has 0 aromatic carbocycles. The second-order valence-electron chi connectivity index (χ2n) is 13.9. The molecule has 53 heavy (non-hydrogen) atoms. The van der Waals surface area contributed by atoms with Crippen molar-refractivity contribution in [1.82, 2.24) is 0 Å². The van der Waals surface area contributed by atoms with Gasteiger partial charge in [0.15, 0.2) is 6.10 Å². The molecule has 1 unspecified atom stereocenters. The SMILES string of the molecule is CCCC/C=C\C=C/CCCCCC(=O)OCC(COC(=O)CC/C=C\C/C=C\CCCCCCCC)OC(=O)CCCCC/C=C\C=C/CCCC. The number of allylic oxidation sites excluding steroid dienone is 12. The quantitative estimate of drug-likeness (QED) is 0.0208. The molecule has 0 bridgehead atoms. The third kappa shape index (κ3) is 39.9. The Morgan fingerprint density at radius 1 is 0.396 bits per heavy atom. The summed E-state index contributed by atoms with van der Waals surface area (Å²) < 4.78 is 16.5. The van der Waals surface area contributed by atoms with Crippen LogP contribution in [0.5, 0.6) is 0 Å². The minimum atomic E-state index is -0.819. The average molecular weight is 739 g/mol. The van der Waals surface area contributed by atoms with Gasteiger partial charge in [-0.15, -0.1) is 0 Å². The van der Waals surface area contributed by atoms with E-state index in [0.717, 1.165) is 77.0 Å². The Hall–Kier alpha value is -3.15. The number of esters is 3. The topological polar surface area (TPSA) is 78.9 Å². The summed E-state index contributed by atoms with van der Waals surface area (Å²) in [6, 6.07) is 0. The Balaban J connectivity index is 4.55. The summed E-state index contributed by atoms with van der Waals surface area (Å²) in [5, 5.41) is 0. The fourth-order valence-corrected chi connectivity index (χ4v) is 5.39. The molecule has 0 amide bonds. The van der Waals surface area contributed by atoms with E-state index >= 15 is 0 Å². The highest BCUT2D eigenvalue weighted by molar-refractivity contribution is 5.71. The monoisotopic (exact) mass is 739 g/mol. The van der Waals surface area contributed by atoms with Crippen LogP contribution in [0.25, 0.3) is 0 Å². The predicted octanol–water partition coefficient (Wildman–Crippen LogP) is 13.5. The van der Waals surface area contributed by atoms with Crippen LogP contribution in [0.3, 0.4) is 0 Å². The summed E-state index contributed by atoms with van der Waals surface area (Å²) in [4.78, 5) is 37.5. The van der Waals surface area contributed by atoms with Crippen LogP contribution in [0, 0.1) is 0 Å². The van der Waals surface area contributed by atoms with Crippen molar-refractivity contribution in [3.05, 3.63) is 72.9 Å². The average Bonchev–Trinajstić information content (AvgIpc) is 3.15. The number of hydrogen-bond donors (Lipinski definition) is 0. The maximum absolute atomic E-state index is 12.6. The maximum atomic E-state index is 12.6. The molecule has 0 radical (unpaired) electrons. The van der Waals surface area contributed by atoms with E-state index < -0.39 is 6.10 Å². The largest absolute Gasteiger partial charge is 0.462 e. The van der Waals surface area contributed by atoms with Crippen LogP contribution in [0.1, 0.15) is 188 Å². The van der Waals surface area contributed by atoms with Crippen molar-refractivity contribution in [2.45, 2.75) is 194 Å². The third-order valence-corrected chi connectivity index (χ3v) is 8.72. The highest BCUT2D eigenvalue weighted by Gasteiger charge is 2.19. The van der Waals surface area contributed by atoms with E-state index in [1.165, 1.54) is 64.2 Å². The first-order chi connectivity index (χ1) is 26.0. The molecule has 0 aromatic rings. The van der Waals surface area contributed by atoms with Crippen molar-refractivity contribution < 1.29 is 28.6 Å². The number of rotatable bonds is 37. The minimum Gasteiger partial charge on any atom is -0.462 e. The standard InChI is InChI=1S/C47H78O6/c1-4-7-10-13-16-19-22-23-26-28-31-34-37-40-46(49)52-43-44(53-47(50)41-38-35-32-29-25-21-18-15-12-9-6-3)42-51-45(48)39-36-33-30-27-24-20-17-14-11-8-5-2/h14-15,17-18,20-21,23-26,31,34,44H,4-13,16,19,22,27-30,32-33,35-43H2,1-3H3/b17-14-,18-15-,24-20-,25-21-,26-23-,34-31-. The molecule has 0 aliphatic rings. The molecule has 0 saturated heterocycles. The van der Waals surface area contributed by atoms with Gasteiger partial charge in [0.05, 0.1) is 0 Å². The van der Waals surface area contributed by atoms with Crippen molar-refractivity contribution >= 4 is 17.9 Å². The molecule has 0 rings (SSSR count). The molecule has 0 saturated carbocycles. The van der Waals surface area contributed by atoms with E-state index in [4.69, 9.17) is 14.2 Å². The number of hydrogen-bond acceptors (Lipinski definition) is 6. The summed E-state index contributed by atoms with van der Waals surface area (Å²) in [5.41, 5.74) is 0. The molecule has 6 nitrogen and oxygen atoms in total. The lowest BCUT2D eigenvalue weighted by molar-refractivity contribution is -0.166. The van der Waals surface area contributed by atoms with Gasteiger partial charge in [0.2, 0.25) is 0 Å². The number of unbranched alkanes of at least 4 members (excludes halogenated alkanes) is 16. The van der Waals surface area contributed by atoms with Gasteiger partial charge in [-0.2, -0.15) is 0 Å². The van der Waals surface area contributed by atoms with Crippen molar-refractivity contribution in [1.29, 1.82) is 0 Å². The Morgan fingerprint density at radius 2 is 0.792 bits per heavy atom. The normalized spacial score (nSPS) is 12.7. The molecule has 0 aliphatic heterocycles. The zero-order valence-corrected chi connectivity index (χ0v) is 34.3. The second kappa shape index (κ2) is 41.6. The second-order valence-corrected chi connectivity index (χ2v) is 13.9. The highest BCUT2D eigenvalue weighted by Crippen LogP contribution is 2.11. The smallest absolute Gasteiger partial charge is 0.306 e. The molecule has 0 N–H and O–H groups in total. The van der Waals surface area contributed by atoms with Crippen molar-refractivity contribution in [3.8, 4) is 0 Å². The molecule has 0 heterocycles. The summed E-state index contributed by atoms with van der Waals surface area (Å²) in [5.74, 6) is -1.05. The van der Waals surface area contributed by atoms with Crippen molar-refractivity contribution in [3.63, 3.8) is 0 Å². The first-order valence-electron chi connectivity index (χ1n) is 21.5. The van der Waals surface area contributed by atoms with Crippen molar-refractivity contribution in [2.24, 2.45) is 0 Å². The highest BCUT2D eigenvalue weighted by atomic mass is 16.6. The van der Waals surface area contributed by atoms with Gasteiger partial charge >= 0.3 is 17.9 Å². The Labute approximate surface area is 325 Å². The lowest BCUT2D eigenvalue weighted by Crippen LogP contribution is -2.30. The van der Waals surface area contributed by atoms with Gasteiger partial charge in [0, 0.05) is 19.3 Å². The molecule has 0 aromatic heterocycles. The summed E-state index contributed by atoms with van der Waals surface area (Å²) in [7, 11) is 0. The number of ether oxygens (including phenoxy) is 3. The van der Waals surface area contributed by atoms with Gasteiger partial charge < -0.3 is 14.2 Å². The summed E-state index contributed by atoms with van der Waals surface area (Å²) in [6.07, 6.45) is 50.4. The van der Waals surface area contributed by atoms with Gasteiger partial charge in [0.25, 0.3) is 0 Å².